The third-order valence-corrected chi connectivity index (χ3v) is 2.99. The molecule has 0 unspecified atom stereocenters. The minimum atomic E-state index is -2.63. The molecule has 0 atom stereocenters. The molecule has 1 saturated carbocycles. The highest BCUT2D eigenvalue weighted by molar-refractivity contribution is 6.03. The first kappa shape index (κ1) is 13.9. The monoisotopic (exact) mass is 246 g/mol. The number of hydrogen-bond donors (Lipinski definition) is 0. The Kier molecular flexibility index (Phi) is 4.90. The molecule has 17 heavy (non-hydrogen) atoms. The van der Waals surface area contributed by atoms with Gasteiger partial charge in [0.1, 0.15) is 0 Å². The molecule has 4 nitrogen and oxygen atoms in total. The molecule has 1 aliphatic carbocycles. The molecule has 0 N–H and O–H groups in total. The van der Waals surface area contributed by atoms with E-state index in [1.807, 2.05) is 0 Å². The Labute approximate surface area is 100 Å². The molecule has 0 aromatic carbocycles. The zero-order chi connectivity index (χ0) is 12.9. The van der Waals surface area contributed by atoms with Crippen LogP contribution >= 0.6 is 0 Å². The lowest BCUT2D eigenvalue weighted by Crippen LogP contribution is -2.47. The second-order valence-electron chi connectivity index (χ2n) is 4.24. The highest BCUT2D eigenvalue weighted by atomic mass is 19.1. The van der Waals surface area contributed by atoms with Crippen LogP contribution in [0.25, 0.3) is 0 Å². The summed E-state index contributed by atoms with van der Waals surface area (Å²) in [5.41, 5.74) is -2.63. The van der Waals surface area contributed by atoms with E-state index in [1.165, 1.54) is 0 Å². The van der Waals surface area contributed by atoms with Crippen LogP contribution in [-0.2, 0) is 19.1 Å². The summed E-state index contributed by atoms with van der Waals surface area (Å²) in [6.45, 7) is 3.25. The van der Waals surface area contributed by atoms with Gasteiger partial charge in [-0.3, -0.25) is 0 Å². The van der Waals surface area contributed by atoms with Crippen molar-refractivity contribution in [1.29, 1.82) is 0 Å². The van der Waals surface area contributed by atoms with Crippen molar-refractivity contribution in [3.8, 4) is 0 Å². The Morgan fingerprint density at radius 3 is 1.94 bits per heavy atom. The van der Waals surface area contributed by atoms with Gasteiger partial charge in [-0.05, 0) is 19.8 Å². The van der Waals surface area contributed by atoms with E-state index in [0.29, 0.717) is 0 Å². The molecule has 0 aliphatic heterocycles. The molecule has 0 saturated heterocycles. The lowest BCUT2D eigenvalue weighted by atomic mass is 9.78. The molecule has 1 aliphatic rings. The summed E-state index contributed by atoms with van der Waals surface area (Å²) < 4.78 is 23.7. The molecule has 0 radical (unpaired) electrons. The van der Waals surface area contributed by atoms with E-state index >= 15 is 0 Å². The van der Waals surface area contributed by atoms with E-state index in [0.717, 1.165) is 19.3 Å². The first-order chi connectivity index (χ1) is 8.04. The fourth-order valence-corrected chi connectivity index (χ4v) is 1.84. The highest BCUT2D eigenvalue weighted by Gasteiger charge is 2.51. The number of carbonyl (C=O) groups is 2. The van der Waals surface area contributed by atoms with Crippen molar-refractivity contribution in [3.63, 3.8) is 0 Å². The first-order valence-electron chi connectivity index (χ1n) is 6.08. The van der Waals surface area contributed by atoms with Gasteiger partial charge in [-0.1, -0.05) is 19.3 Å². The van der Waals surface area contributed by atoms with Gasteiger partial charge in [0.05, 0.1) is 13.2 Å². The van der Waals surface area contributed by atoms with Crippen molar-refractivity contribution in [2.75, 3.05) is 13.2 Å². The van der Waals surface area contributed by atoms with Gasteiger partial charge >= 0.3 is 17.6 Å². The quantitative estimate of drug-likeness (QED) is 0.531. The van der Waals surface area contributed by atoms with E-state index in [2.05, 4.69) is 9.47 Å². The average molecular weight is 246 g/mol. The van der Waals surface area contributed by atoms with Crippen LogP contribution in [0.4, 0.5) is 4.39 Å². The number of halogens is 1. The van der Waals surface area contributed by atoms with Gasteiger partial charge in [0, 0.05) is 6.42 Å². The molecule has 5 heteroatoms. The van der Waals surface area contributed by atoms with Gasteiger partial charge in [0.2, 0.25) is 0 Å². The molecule has 0 aromatic heterocycles. The average Bonchev–Trinajstić information content (AvgIpc) is 2.23. The standard InChI is InChI=1S/C12H19FO4/c1-3-16-10(14)12(13,11(15)17-4-2)8-9-6-5-7-9/h9H,3-8H2,1-2H3. The Hall–Kier alpha value is -1.13. The number of rotatable bonds is 6. The minimum Gasteiger partial charge on any atom is -0.463 e. The van der Waals surface area contributed by atoms with Crippen molar-refractivity contribution in [2.24, 2.45) is 5.92 Å². The Bertz CT molecular complexity index is 268. The summed E-state index contributed by atoms with van der Waals surface area (Å²) in [6, 6.07) is 0. The molecule has 1 fully saturated rings. The molecule has 1 rings (SSSR count). The highest BCUT2D eigenvalue weighted by Crippen LogP contribution is 2.36. The Balaban J connectivity index is 2.73. The second kappa shape index (κ2) is 5.98. The lowest BCUT2D eigenvalue weighted by molar-refractivity contribution is -0.176. The van der Waals surface area contributed by atoms with Crippen molar-refractivity contribution >= 4 is 11.9 Å². The smallest absolute Gasteiger partial charge is 0.355 e. The number of hydrogen-bond acceptors (Lipinski definition) is 4. The first-order valence-corrected chi connectivity index (χ1v) is 6.08. The SMILES string of the molecule is CCOC(=O)C(F)(CC1CCC1)C(=O)OCC. The van der Waals surface area contributed by atoms with Crippen LogP contribution in [0.2, 0.25) is 0 Å². The number of alkyl halides is 1. The molecule has 0 amide bonds. The topological polar surface area (TPSA) is 52.6 Å². The lowest BCUT2D eigenvalue weighted by Gasteiger charge is -2.30. The van der Waals surface area contributed by atoms with Gasteiger partial charge in [-0.25, -0.2) is 14.0 Å². The summed E-state index contributed by atoms with van der Waals surface area (Å²) in [5, 5.41) is 0. The van der Waals surface area contributed by atoms with Crippen LogP contribution in [-0.4, -0.2) is 30.8 Å². The third-order valence-electron chi connectivity index (χ3n) is 2.99. The van der Waals surface area contributed by atoms with E-state index in [9.17, 15) is 14.0 Å². The molecular weight excluding hydrogens is 227 g/mol. The van der Waals surface area contributed by atoms with Crippen LogP contribution < -0.4 is 0 Å². The summed E-state index contributed by atoms with van der Waals surface area (Å²) in [6.07, 6.45) is 2.60. The molecule has 0 bridgehead atoms. The minimum absolute atomic E-state index is 0.0502. The molecule has 0 heterocycles. The second-order valence-corrected chi connectivity index (χ2v) is 4.24. The largest absolute Gasteiger partial charge is 0.463 e. The van der Waals surface area contributed by atoms with E-state index in [4.69, 9.17) is 0 Å². The van der Waals surface area contributed by atoms with Crippen molar-refractivity contribution in [3.05, 3.63) is 0 Å². The zero-order valence-electron chi connectivity index (χ0n) is 10.3. The fourth-order valence-electron chi connectivity index (χ4n) is 1.84. The molecule has 98 valence electrons. The third kappa shape index (κ3) is 3.17. The predicted molar refractivity (Wildman–Crippen MR) is 59.1 cm³/mol. The fraction of sp³-hybridized carbons (Fsp3) is 0.833. The Morgan fingerprint density at radius 1 is 1.18 bits per heavy atom. The zero-order valence-corrected chi connectivity index (χ0v) is 10.3. The van der Waals surface area contributed by atoms with Crippen LogP contribution in [0.3, 0.4) is 0 Å². The number of esters is 2. The molecular formula is C12H19FO4. The van der Waals surface area contributed by atoms with Gasteiger partial charge < -0.3 is 9.47 Å². The van der Waals surface area contributed by atoms with Crippen molar-refractivity contribution < 1.29 is 23.5 Å². The van der Waals surface area contributed by atoms with E-state index in [1.54, 1.807) is 13.8 Å². The number of carbonyl (C=O) groups excluding carboxylic acids is 2. The Morgan fingerprint density at radius 2 is 1.65 bits per heavy atom. The summed E-state index contributed by atoms with van der Waals surface area (Å²) >= 11 is 0. The van der Waals surface area contributed by atoms with Gasteiger partial charge in [0.25, 0.3) is 0 Å². The van der Waals surface area contributed by atoms with Gasteiger partial charge in [-0.2, -0.15) is 0 Å². The van der Waals surface area contributed by atoms with Gasteiger partial charge in [0.15, 0.2) is 0 Å². The summed E-state index contributed by atoms with van der Waals surface area (Å²) in [5.74, 6) is -2.16. The molecule has 0 aromatic rings. The van der Waals surface area contributed by atoms with Crippen LogP contribution in [0.15, 0.2) is 0 Å². The van der Waals surface area contributed by atoms with Crippen LogP contribution in [0, 0.1) is 5.92 Å². The van der Waals surface area contributed by atoms with E-state index < -0.39 is 17.6 Å². The van der Waals surface area contributed by atoms with Gasteiger partial charge in [-0.15, -0.1) is 0 Å². The normalized spacial score (nSPS) is 16.2. The van der Waals surface area contributed by atoms with Crippen LogP contribution in [0.5, 0.6) is 0 Å². The van der Waals surface area contributed by atoms with Crippen molar-refractivity contribution in [2.45, 2.75) is 45.2 Å². The van der Waals surface area contributed by atoms with Crippen LogP contribution in [0.1, 0.15) is 39.5 Å². The maximum Gasteiger partial charge on any atom is 0.355 e. The number of ether oxygens (including phenoxy) is 2. The molecule has 0 spiro atoms. The van der Waals surface area contributed by atoms with E-state index in [-0.39, 0.29) is 25.6 Å². The summed E-state index contributed by atoms with van der Waals surface area (Å²) in [4.78, 5) is 23.1. The maximum atomic E-state index is 14.5. The maximum absolute atomic E-state index is 14.5. The predicted octanol–water partition coefficient (Wildman–Crippen LogP) is 2.01. The summed E-state index contributed by atoms with van der Waals surface area (Å²) in [7, 11) is 0. The van der Waals surface area contributed by atoms with Crippen molar-refractivity contribution in [1.82, 2.24) is 0 Å².